The molecule has 1 atom stereocenters. The van der Waals surface area contributed by atoms with Gasteiger partial charge in [0.2, 0.25) is 5.91 Å². The molecule has 24 heavy (non-hydrogen) atoms. The average molecular weight is 343 g/mol. The molecule has 2 rings (SSSR count). The molecule has 0 bridgehead atoms. The van der Waals surface area contributed by atoms with Crippen molar-refractivity contribution < 1.29 is 4.79 Å². The van der Waals surface area contributed by atoms with Crippen molar-refractivity contribution in [3.05, 3.63) is 54.2 Å². The first kappa shape index (κ1) is 18.3. The van der Waals surface area contributed by atoms with Crippen LogP contribution in [0.2, 0.25) is 0 Å². The number of thioether (sulfide) groups is 1. The van der Waals surface area contributed by atoms with Crippen LogP contribution in [-0.4, -0.2) is 30.2 Å². The first-order valence-corrected chi connectivity index (χ1v) is 9.12. The summed E-state index contributed by atoms with van der Waals surface area (Å²) in [5.41, 5.74) is 1.97. The number of hydrogen-bond donors (Lipinski definition) is 1. The molecule has 1 unspecified atom stereocenters. The van der Waals surface area contributed by atoms with E-state index in [0.717, 1.165) is 17.3 Å². The molecule has 128 valence electrons. The molecule has 1 N–H and O–H groups in total. The fraction of sp³-hybridized carbons (Fsp3) is 0.368. The van der Waals surface area contributed by atoms with Gasteiger partial charge in [-0.2, -0.15) is 0 Å². The molecule has 1 heterocycles. The first-order valence-electron chi connectivity index (χ1n) is 8.07. The third-order valence-electron chi connectivity index (χ3n) is 3.61. The van der Waals surface area contributed by atoms with Crippen LogP contribution in [0, 0.1) is 5.92 Å². The van der Waals surface area contributed by atoms with E-state index in [-0.39, 0.29) is 17.1 Å². The topological polar surface area (TPSA) is 45.2 Å². The summed E-state index contributed by atoms with van der Waals surface area (Å²) >= 11 is 1.68. The second-order valence-corrected chi connectivity index (χ2v) is 7.38. The molecule has 2 aromatic rings. The highest BCUT2D eigenvalue weighted by Crippen LogP contribution is 2.25. The zero-order valence-corrected chi connectivity index (χ0v) is 15.5. The number of aromatic nitrogens is 1. The molecule has 1 aromatic carbocycles. The Kier molecular flexibility index (Phi) is 6.67. The largest absolute Gasteiger partial charge is 0.363 e. The number of rotatable bonds is 7. The Balaban J connectivity index is 1.98. The summed E-state index contributed by atoms with van der Waals surface area (Å²) < 4.78 is 0. The quantitative estimate of drug-likeness (QED) is 0.824. The summed E-state index contributed by atoms with van der Waals surface area (Å²) in [6, 6.07) is 14.0. The third-order valence-corrected chi connectivity index (χ3v) is 5.23. The van der Waals surface area contributed by atoms with Crippen LogP contribution in [0.3, 0.4) is 0 Å². The van der Waals surface area contributed by atoms with Crippen LogP contribution in [0.1, 0.15) is 19.4 Å². The first-order chi connectivity index (χ1) is 11.5. The van der Waals surface area contributed by atoms with Crippen LogP contribution in [0.25, 0.3) is 0 Å². The maximum Gasteiger partial charge on any atom is 0.237 e. The normalized spacial score (nSPS) is 12.0. The molecule has 0 spiro atoms. The number of hydrogen-bond acceptors (Lipinski definition) is 4. The Hall–Kier alpha value is -2.01. The number of nitrogens with one attached hydrogen (secondary N) is 1. The fourth-order valence-corrected chi connectivity index (χ4v) is 3.43. The van der Waals surface area contributed by atoms with E-state index in [2.05, 4.69) is 36.3 Å². The van der Waals surface area contributed by atoms with Crippen molar-refractivity contribution in [3.8, 4) is 0 Å². The number of benzene rings is 1. The van der Waals surface area contributed by atoms with Gasteiger partial charge in [-0.05, 0) is 23.6 Å². The van der Waals surface area contributed by atoms with Gasteiger partial charge in [-0.15, -0.1) is 11.8 Å². The summed E-state index contributed by atoms with van der Waals surface area (Å²) in [7, 11) is 3.88. The molecule has 0 radical (unpaired) electrons. The fourth-order valence-electron chi connectivity index (χ4n) is 2.27. The monoisotopic (exact) mass is 343 g/mol. The average Bonchev–Trinajstić information content (AvgIpc) is 2.56. The minimum atomic E-state index is -0.0984. The number of amides is 1. The standard InChI is InChI=1S/C19H25N3OS/c1-14(2)18(24-13-15-8-6-5-7-9-15)19(23)21-16-10-11-17(20-12-16)22(3)4/h5-12,14,18H,13H2,1-4H3,(H,21,23). The van der Waals surface area contributed by atoms with Gasteiger partial charge in [-0.3, -0.25) is 4.79 Å². The third kappa shape index (κ3) is 5.27. The number of pyridine rings is 1. The second-order valence-electron chi connectivity index (χ2n) is 6.25. The van der Waals surface area contributed by atoms with Gasteiger partial charge in [0.1, 0.15) is 5.82 Å². The summed E-state index contributed by atoms with van der Waals surface area (Å²) in [5, 5.41) is 2.89. The summed E-state index contributed by atoms with van der Waals surface area (Å²) in [6.07, 6.45) is 1.70. The van der Waals surface area contributed by atoms with E-state index in [0.29, 0.717) is 0 Å². The smallest absolute Gasteiger partial charge is 0.237 e. The van der Waals surface area contributed by atoms with E-state index >= 15 is 0 Å². The van der Waals surface area contributed by atoms with Crippen LogP contribution in [0.15, 0.2) is 48.7 Å². The van der Waals surface area contributed by atoms with Crippen molar-refractivity contribution in [2.24, 2.45) is 5.92 Å². The van der Waals surface area contributed by atoms with E-state index in [1.54, 1.807) is 18.0 Å². The highest BCUT2D eigenvalue weighted by Gasteiger charge is 2.23. The van der Waals surface area contributed by atoms with E-state index in [1.165, 1.54) is 5.56 Å². The van der Waals surface area contributed by atoms with Gasteiger partial charge in [-0.25, -0.2) is 4.98 Å². The van der Waals surface area contributed by atoms with Crippen molar-refractivity contribution in [2.45, 2.75) is 24.9 Å². The van der Waals surface area contributed by atoms with E-state index in [4.69, 9.17) is 0 Å². The Morgan fingerprint density at radius 2 is 1.88 bits per heavy atom. The molecular weight excluding hydrogens is 318 g/mol. The van der Waals surface area contributed by atoms with E-state index in [1.807, 2.05) is 49.3 Å². The van der Waals surface area contributed by atoms with Gasteiger partial charge in [0.15, 0.2) is 0 Å². The van der Waals surface area contributed by atoms with Crippen LogP contribution in [0.5, 0.6) is 0 Å². The Bertz CT molecular complexity index is 641. The lowest BCUT2D eigenvalue weighted by molar-refractivity contribution is -0.116. The maximum atomic E-state index is 12.6. The number of carbonyl (C=O) groups is 1. The molecule has 0 aliphatic rings. The molecule has 0 saturated heterocycles. The van der Waals surface area contributed by atoms with Gasteiger partial charge in [0.05, 0.1) is 17.1 Å². The number of anilines is 2. The predicted octanol–water partition coefficient (Wildman–Crippen LogP) is 4.04. The molecule has 0 aliphatic heterocycles. The Morgan fingerprint density at radius 3 is 2.42 bits per heavy atom. The minimum absolute atomic E-state index is 0.0327. The molecule has 0 saturated carbocycles. The minimum Gasteiger partial charge on any atom is -0.363 e. The number of nitrogens with zero attached hydrogens (tertiary/aromatic N) is 2. The second kappa shape index (κ2) is 8.73. The molecule has 5 heteroatoms. The van der Waals surface area contributed by atoms with Gasteiger partial charge in [0.25, 0.3) is 0 Å². The van der Waals surface area contributed by atoms with Crippen molar-refractivity contribution >= 4 is 29.2 Å². The van der Waals surface area contributed by atoms with Crippen molar-refractivity contribution in [2.75, 3.05) is 24.3 Å². The highest BCUT2D eigenvalue weighted by atomic mass is 32.2. The molecular formula is C19H25N3OS. The van der Waals surface area contributed by atoms with Crippen LogP contribution >= 0.6 is 11.8 Å². The van der Waals surface area contributed by atoms with E-state index in [9.17, 15) is 4.79 Å². The highest BCUT2D eigenvalue weighted by molar-refractivity contribution is 7.99. The van der Waals surface area contributed by atoms with Gasteiger partial charge < -0.3 is 10.2 Å². The van der Waals surface area contributed by atoms with Crippen molar-refractivity contribution in [3.63, 3.8) is 0 Å². The SMILES string of the molecule is CC(C)C(SCc1ccccc1)C(=O)Nc1ccc(N(C)C)nc1. The van der Waals surface area contributed by atoms with Crippen LogP contribution in [0.4, 0.5) is 11.5 Å². The molecule has 1 aromatic heterocycles. The molecule has 4 nitrogen and oxygen atoms in total. The molecule has 0 fully saturated rings. The van der Waals surface area contributed by atoms with Gasteiger partial charge in [0, 0.05) is 19.8 Å². The van der Waals surface area contributed by atoms with Gasteiger partial charge in [-0.1, -0.05) is 44.2 Å². The maximum absolute atomic E-state index is 12.6. The lowest BCUT2D eigenvalue weighted by Gasteiger charge is -2.20. The predicted molar refractivity (Wildman–Crippen MR) is 104 cm³/mol. The molecule has 0 aliphatic carbocycles. The zero-order chi connectivity index (χ0) is 17.5. The van der Waals surface area contributed by atoms with Crippen molar-refractivity contribution in [1.29, 1.82) is 0 Å². The van der Waals surface area contributed by atoms with Crippen molar-refractivity contribution in [1.82, 2.24) is 4.98 Å². The van der Waals surface area contributed by atoms with E-state index < -0.39 is 0 Å². The van der Waals surface area contributed by atoms with Gasteiger partial charge >= 0.3 is 0 Å². The Morgan fingerprint density at radius 1 is 1.17 bits per heavy atom. The summed E-state index contributed by atoms with van der Waals surface area (Å²) in [6.45, 7) is 4.16. The summed E-state index contributed by atoms with van der Waals surface area (Å²) in [5.74, 6) is 1.99. The summed E-state index contributed by atoms with van der Waals surface area (Å²) in [4.78, 5) is 18.9. The lowest BCUT2D eigenvalue weighted by atomic mass is 10.1. The lowest BCUT2D eigenvalue weighted by Crippen LogP contribution is -2.29. The molecule has 1 amide bonds. The van der Waals surface area contributed by atoms with Crippen LogP contribution in [-0.2, 0) is 10.5 Å². The van der Waals surface area contributed by atoms with Crippen LogP contribution < -0.4 is 10.2 Å². The zero-order valence-electron chi connectivity index (χ0n) is 14.7. The number of carbonyl (C=O) groups excluding carboxylic acids is 1. The Labute approximate surface area is 148 Å².